The highest BCUT2D eigenvalue weighted by molar-refractivity contribution is 7.27. The van der Waals surface area contributed by atoms with Crippen LogP contribution in [-0.4, -0.2) is 4.57 Å². The first-order chi connectivity index (χ1) is 23.9. The van der Waals surface area contributed by atoms with E-state index in [9.17, 15) is 0 Å². The molecule has 0 aliphatic rings. The number of aromatic nitrogens is 1. The molecule has 0 aliphatic carbocycles. The fraction of sp³-hybridized carbons (Fsp3) is 0. The van der Waals surface area contributed by atoms with Crippen molar-refractivity contribution in [2.45, 2.75) is 0 Å². The molecule has 2 aromatic heterocycles. The van der Waals surface area contributed by atoms with Crippen molar-refractivity contribution in [3.8, 4) is 16.8 Å². The van der Waals surface area contributed by atoms with Gasteiger partial charge < -0.3 is 4.57 Å². The molecule has 11 rings (SSSR count). The van der Waals surface area contributed by atoms with Crippen LogP contribution in [0.3, 0.4) is 0 Å². The maximum absolute atomic E-state index is 2.60. The minimum Gasteiger partial charge on any atom is -0.307 e. The molecule has 48 heavy (non-hydrogen) atoms. The molecule has 0 unspecified atom stereocenters. The van der Waals surface area contributed by atoms with Crippen LogP contribution in [0.4, 0.5) is 0 Å². The minimum atomic E-state index is 1.21. The first-order valence-electron chi connectivity index (χ1n) is 16.5. The molecule has 0 radical (unpaired) electrons. The first-order valence-corrected chi connectivity index (χ1v) is 17.4. The Bertz CT molecular complexity index is 3100. The average molecular weight is 626 g/mol. The fourth-order valence-electron chi connectivity index (χ4n) is 8.39. The second-order valence-electron chi connectivity index (χ2n) is 12.8. The summed E-state index contributed by atoms with van der Waals surface area (Å²) in [6.45, 7) is 0. The Balaban J connectivity index is 1.50. The van der Waals surface area contributed by atoms with Crippen LogP contribution in [0.2, 0.25) is 0 Å². The summed E-state index contributed by atoms with van der Waals surface area (Å²) in [6.07, 6.45) is 0. The van der Waals surface area contributed by atoms with Gasteiger partial charge in [0, 0.05) is 47.1 Å². The molecule has 2 heterocycles. The van der Waals surface area contributed by atoms with Gasteiger partial charge in [0.1, 0.15) is 0 Å². The average Bonchev–Trinajstić information content (AvgIpc) is 3.73. The molecule has 0 saturated carbocycles. The van der Waals surface area contributed by atoms with Gasteiger partial charge in [0.2, 0.25) is 0 Å². The monoisotopic (exact) mass is 625 g/mol. The summed E-state index contributed by atoms with van der Waals surface area (Å²) in [5.74, 6) is 0. The van der Waals surface area contributed by atoms with Crippen molar-refractivity contribution in [3.05, 3.63) is 164 Å². The molecule has 2 heteroatoms. The summed E-state index contributed by atoms with van der Waals surface area (Å²) in [5.41, 5.74) is 6.31. The van der Waals surface area contributed by atoms with Crippen LogP contribution in [0.5, 0.6) is 0 Å². The Morgan fingerprint density at radius 2 is 0.854 bits per heavy atom. The number of rotatable bonds is 2. The molecular weight excluding hydrogens is 599 g/mol. The lowest BCUT2D eigenvalue weighted by Crippen LogP contribution is -1.97. The normalized spacial score (nSPS) is 12.2. The maximum Gasteiger partial charge on any atom is 0.0634 e. The highest BCUT2D eigenvalue weighted by Crippen LogP contribution is 2.52. The standard InChI is InChI=1S/C46H27NS/c1-2-14-29(15-3-1)31-25-13-26-38-40-35-22-9-11-24-37(35)44-42(46(40)48-45(31)38)41-34-21-8-6-19-32(34)33-20-7-10-23-36(33)43(41)47(44)39-27-12-17-28-16-4-5-18-30(28)39/h1-27H. The summed E-state index contributed by atoms with van der Waals surface area (Å²) in [6, 6.07) is 60.4. The van der Waals surface area contributed by atoms with Crippen LogP contribution >= 0.6 is 11.3 Å². The van der Waals surface area contributed by atoms with Gasteiger partial charge in [-0.25, -0.2) is 0 Å². The van der Waals surface area contributed by atoms with Gasteiger partial charge in [-0.3, -0.25) is 0 Å². The smallest absolute Gasteiger partial charge is 0.0634 e. The summed E-state index contributed by atoms with van der Waals surface area (Å²) >= 11 is 1.96. The van der Waals surface area contributed by atoms with Crippen molar-refractivity contribution in [1.29, 1.82) is 0 Å². The van der Waals surface area contributed by atoms with Crippen molar-refractivity contribution < 1.29 is 0 Å². The molecule has 0 N–H and O–H groups in total. The van der Waals surface area contributed by atoms with E-state index in [1.54, 1.807) is 0 Å². The van der Waals surface area contributed by atoms with Crippen LogP contribution < -0.4 is 0 Å². The van der Waals surface area contributed by atoms with Crippen molar-refractivity contribution in [2.24, 2.45) is 0 Å². The summed E-state index contributed by atoms with van der Waals surface area (Å²) < 4.78 is 5.30. The van der Waals surface area contributed by atoms with Crippen molar-refractivity contribution in [1.82, 2.24) is 4.57 Å². The zero-order chi connectivity index (χ0) is 31.3. The van der Waals surface area contributed by atoms with Crippen LogP contribution in [0, 0.1) is 0 Å². The maximum atomic E-state index is 2.60. The van der Waals surface area contributed by atoms with Gasteiger partial charge in [0.05, 0.1) is 16.7 Å². The zero-order valence-corrected chi connectivity index (χ0v) is 26.8. The lowest BCUT2D eigenvalue weighted by molar-refractivity contribution is 1.21. The van der Waals surface area contributed by atoms with Crippen molar-refractivity contribution in [3.63, 3.8) is 0 Å². The predicted octanol–water partition coefficient (Wildman–Crippen LogP) is 13.4. The quantitative estimate of drug-likeness (QED) is 0.168. The molecule has 0 spiro atoms. The SMILES string of the molecule is c1ccc(-c2cccc3c2sc2c3c3ccccc3c3c2c2c4ccccc4c4ccccc4c2n3-c2cccc3ccccc23)cc1. The molecule has 9 aromatic carbocycles. The number of hydrogen-bond acceptors (Lipinski definition) is 1. The second-order valence-corrected chi connectivity index (χ2v) is 13.8. The minimum absolute atomic E-state index is 1.21. The van der Waals surface area contributed by atoms with E-state index in [-0.39, 0.29) is 0 Å². The topological polar surface area (TPSA) is 4.93 Å². The van der Waals surface area contributed by atoms with Crippen LogP contribution in [0.25, 0.3) is 102 Å². The van der Waals surface area contributed by atoms with Crippen LogP contribution in [-0.2, 0) is 0 Å². The molecule has 0 amide bonds. The largest absolute Gasteiger partial charge is 0.307 e. The summed E-state index contributed by atoms with van der Waals surface area (Å²) in [4.78, 5) is 0. The Morgan fingerprint density at radius 1 is 0.333 bits per heavy atom. The van der Waals surface area contributed by atoms with E-state index in [4.69, 9.17) is 0 Å². The Labute approximate surface area is 280 Å². The Kier molecular flexibility index (Phi) is 5.32. The van der Waals surface area contributed by atoms with Gasteiger partial charge in [0.25, 0.3) is 0 Å². The highest BCUT2D eigenvalue weighted by Gasteiger charge is 2.26. The number of nitrogens with zero attached hydrogens (tertiary/aromatic N) is 1. The van der Waals surface area contributed by atoms with E-state index >= 15 is 0 Å². The van der Waals surface area contributed by atoms with E-state index in [0.717, 1.165) is 0 Å². The van der Waals surface area contributed by atoms with E-state index < -0.39 is 0 Å². The molecular formula is C46H27NS. The van der Waals surface area contributed by atoms with Gasteiger partial charge in [-0.05, 0) is 44.1 Å². The highest BCUT2D eigenvalue weighted by atomic mass is 32.1. The van der Waals surface area contributed by atoms with Crippen LogP contribution in [0.15, 0.2) is 164 Å². The second kappa shape index (κ2) is 9.78. The van der Waals surface area contributed by atoms with Gasteiger partial charge in [0.15, 0.2) is 0 Å². The molecule has 1 nitrogen and oxygen atoms in total. The molecule has 0 atom stereocenters. The number of hydrogen-bond donors (Lipinski definition) is 0. The van der Waals surface area contributed by atoms with Gasteiger partial charge >= 0.3 is 0 Å². The first kappa shape index (κ1) is 26.1. The molecule has 0 bridgehead atoms. The van der Waals surface area contributed by atoms with E-state index in [2.05, 4.69) is 168 Å². The molecule has 0 saturated heterocycles. The molecule has 0 aliphatic heterocycles. The fourth-order valence-corrected chi connectivity index (χ4v) is 9.79. The number of thiophene rings is 1. The third-order valence-corrected chi connectivity index (χ3v) is 11.6. The lowest BCUT2D eigenvalue weighted by atomic mass is 9.94. The van der Waals surface area contributed by atoms with E-state index in [1.807, 2.05) is 11.3 Å². The Hall–Kier alpha value is -5.96. The predicted molar refractivity (Wildman–Crippen MR) is 209 cm³/mol. The van der Waals surface area contributed by atoms with Gasteiger partial charge in [-0.1, -0.05) is 158 Å². The third kappa shape index (κ3) is 3.40. The van der Waals surface area contributed by atoms with E-state index in [0.29, 0.717) is 0 Å². The molecule has 0 fully saturated rings. The molecule has 11 aromatic rings. The van der Waals surface area contributed by atoms with Gasteiger partial charge in [-0.15, -0.1) is 11.3 Å². The van der Waals surface area contributed by atoms with Crippen molar-refractivity contribution >= 4 is 96.4 Å². The summed E-state index contributed by atoms with van der Waals surface area (Å²) in [7, 11) is 0. The van der Waals surface area contributed by atoms with Gasteiger partial charge in [-0.2, -0.15) is 0 Å². The number of fused-ring (bicyclic) bond motifs is 16. The zero-order valence-electron chi connectivity index (χ0n) is 25.9. The third-order valence-electron chi connectivity index (χ3n) is 10.3. The summed E-state index contributed by atoms with van der Waals surface area (Å²) in [5, 5.41) is 15.6. The van der Waals surface area contributed by atoms with Crippen molar-refractivity contribution in [2.75, 3.05) is 0 Å². The number of benzene rings is 9. The van der Waals surface area contributed by atoms with E-state index in [1.165, 1.54) is 102 Å². The van der Waals surface area contributed by atoms with Crippen LogP contribution in [0.1, 0.15) is 0 Å². The molecule has 222 valence electrons. The lowest BCUT2D eigenvalue weighted by Gasteiger charge is -2.15. The Morgan fingerprint density at radius 3 is 1.62 bits per heavy atom.